The summed E-state index contributed by atoms with van der Waals surface area (Å²) in [5.74, 6) is 0.821. The highest BCUT2D eigenvalue weighted by molar-refractivity contribution is 5.95. The first kappa shape index (κ1) is 12.3. The van der Waals surface area contributed by atoms with Crippen molar-refractivity contribution in [3.05, 3.63) is 22.8 Å². The molecule has 102 valence electrons. The quantitative estimate of drug-likeness (QED) is 0.777. The Bertz CT molecular complexity index is 561. The van der Waals surface area contributed by atoms with E-state index < -0.39 is 11.7 Å². The predicted octanol–water partition coefficient (Wildman–Crippen LogP) is 1.44. The molecule has 0 amide bonds. The van der Waals surface area contributed by atoms with Crippen LogP contribution >= 0.6 is 0 Å². The second-order valence-corrected chi connectivity index (χ2v) is 5.41. The average molecular weight is 264 g/mol. The SMILES string of the molecule is COc1cc2c(c3c1CC(O)C(C)(C)O3)COC2=O. The first-order chi connectivity index (χ1) is 8.94. The van der Waals surface area contributed by atoms with Gasteiger partial charge in [0.25, 0.3) is 0 Å². The zero-order valence-electron chi connectivity index (χ0n) is 11.1. The molecule has 1 atom stereocenters. The van der Waals surface area contributed by atoms with Crippen LogP contribution in [0.4, 0.5) is 0 Å². The molecule has 1 unspecified atom stereocenters. The topological polar surface area (TPSA) is 65.0 Å². The molecule has 2 aliphatic heterocycles. The lowest BCUT2D eigenvalue weighted by Crippen LogP contribution is -2.46. The van der Waals surface area contributed by atoms with Crippen LogP contribution in [-0.2, 0) is 17.8 Å². The molecule has 1 N–H and O–H groups in total. The van der Waals surface area contributed by atoms with Crippen molar-refractivity contribution in [2.75, 3.05) is 7.11 Å². The van der Waals surface area contributed by atoms with Gasteiger partial charge in [0, 0.05) is 17.5 Å². The molecule has 1 aromatic rings. The van der Waals surface area contributed by atoms with E-state index in [-0.39, 0.29) is 12.6 Å². The van der Waals surface area contributed by atoms with Gasteiger partial charge in [-0.25, -0.2) is 4.79 Å². The third kappa shape index (κ3) is 1.69. The predicted molar refractivity (Wildman–Crippen MR) is 66.5 cm³/mol. The van der Waals surface area contributed by atoms with Gasteiger partial charge in [-0.2, -0.15) is 0 Å². The van der Waals surface area contributed by atoms with E-state index in [1.165, 1.54) is 7.11 Å². The van der Waals surface area contributed by atoms with Crippen molar-refractivity contribution in [3.63, 3.8) is 0 Å². The standard InChI is InChI=1S/C14H16O5/c1-14(2)11(15)5-8-10(17-3)4-7-9(12(8)19-14)6-18-13(7)16/h4,11,15H,5-6H2,1-3H3. The number of cyclic esters (lactones) is 1. The number of hydrogen-bond donors (Lipinski definition) is 1. The van der Waals surface area contributed by atoms with Crippen molar-refractivity contribution >= 4 is 5.97 Å². The highest BCUT2D eigenvalue weighted by atomic mass is 16.5. The molecule has 0 fully saturated rings. The minimum Gasteiger partial charge on any atom is -0.496 e. The van der Waals surface area contributed by atoms with Crippen LogP contribution in [0.1, 0.15) is 35.3 Å². The molecule has 5 heteroatoms. The molecular weight excluding hydrogens is 248 g/mol. The van der Waals surface area contributed by atoms with Gasteiger partial charge in [0.1, 0.15) is 23.7 Å². The van der Waals surface area contributed by atoms with Crippen molar-refractivity contribution in [2.45, 2.75) is 38.6 Å². The summed E-state index contributed by atoms with van der Waals surface area (Å²) in [5, 5.41) is 10.1. The van der Waals surface area contributed by atoms with E-state index in [4.69, 9.17) is 14.2 Å². The average Bonchev–Trinajstić information content (AvgIpc) is 2.72. The van der Waals surface area contributed by atoms with Crippen LogP contribution in [0.3, 0.4) is 0 Å². The summed E-state index contributed by atoms with van der Waals surface area (Å²) in [6.07, 6.45) is -0.183. The smallest absolute Gasteiger partial charge is 0.339 e. The van der Waals surface area contributed by atoms with Gasteiger partial charge >= 0.3 is 5.97 Å². The fraction of sp³-hybridized carbons (Fsp3) is 0.500. The molecular formula is C14H16O5. The van der Waals surface area contributed by atoms with Gasteiger partial charge in [0.15, 0.2) is 0 Å². The fourth-order valence-corrected chi connectivity index (χ4v) is 2.53. The Labute approximate surface area is 111 Å². The molecule has 0 bridgehead atoms. The van der Waals surface area contributed by atoms with Gasteiger partial charge in [0.05, 0.1) is 18.8 Å². The van der Waals surface area contributed by atoms with Gasteiger partial charge in [-0.1, -0.05) is 0 Å². The molecule has 0 radical (unpaired) electrons. The van der Waals surface area contributed by atoms with Crippen molar-refractivity contribution in [1.29, 1.82) is 0 Å². The monoisotopic (exact) mass is 264 g/mol. The number of aliphatic hydroxyl groups is 1. The Morgan fingerprint density at radius 3 is 2.84 bits per heavy atom. The highest BCUT2D eigenvalue weighted by Gasteiger charge is 2.41. The van der Waals surface area contributed by atoms with Gasteiger partial charge in [-0.3, -0.25) is 0 Å². The Balaban J connectivity index is 2.21. The van der Waals surface area contributed by atoms with Gasteiger partial charge in [-0.05, 0) is 19.9 Å². The minimum atomic E-state index is -0.696. The van der Waals surface area contributed by atoms with Crippen LogP contribution in [0, 0.1) is 0 Å². The Hall–Kier alpha value is -1.75. The molecule has 3 rings (SSSR count). The number of esters is 1. The molecule has 5 nitrogen and oxygen atoms in total. The van der Waals surface area contributed by atoms with Crippen molar-refractivity contribution in [2.24, 2.45) is 0 Å². The minimum absolute atomic E-state index is 0.215. The lowest BCUT2D eigenvalue weighted by Gasteiger charge is -2.38. The van der Waals surface area contributed by atoms with Crippen molar-refractivity contribution < 1.29 is 24.1 Å². The second-order valence-electron chi connectivity index (χ2n) is 5.41. The number of carbonyl (C=O) groups is 1. The van der Waals surface area contributed by atoms with Crippen LogP contribution in [0.25, 0.3) is 0 Å². The molecule has 0 spiro atoms. The van der Waals surface area contributed by atoms with Crippen LogP contribution in [0.2, 0.25) is 0 Å². The fourth-order valence-electron chi connectivity index (χ4n) is 2.53. The third-order valence-electron chi connectivity index (χ3n) is 3.80. The first-order valence-corrected chi connectivity index (χ1v) is 6.21. The summed E-state index contributed by atoms with van der Waals surface area (Å²) in [4.78, 5) is 11.7. The molecule has 0 saturated carbocycles. The Kier molecular flexibility index (Phi) is 2.50. The van der Waals surface area contributed by atoms with Crippen LogP contribution in [-0.4, -0.2) is 29.9 Å². The molecule has 2 aliphatic rings. The van der Waals surface area contributed by atoms with Crippen molar-refractivity contribution in [3.8, 4) is 11.5 Å². The number of benzene rings is 1. The van der Waals surface area contributed by atoms with Crippen LogP contribution in [0.5, 0.6) is 11.5 Å². The molecule has 0 aliphatic carbocycles. The number of aliphatic hydroxyl groups excluding tert-OH is 1. The summed E-state index contributed by atoms with van der Waals surface area (Å²) in [7, 11) is 1.54. The van der Waals surface area contributed by atoms with Crippen molar-refractivity contribution in [1.82, 2.24) is 0 Å². The largest absolute Gasteiger partial charge is 0.496 e. The van der Waals surface area contributed by atoms with E-state index in [2.05, 4.69) is 0 Å². The maximum atomic E-state index is 11.7. The number of methoxy groups -OCH3 is 1. The third-order valence-corrected chi connectivity index (χ3v) is 3.80. The second kappa shape index (κ2) is 3.87. The molecule has 19 heavy (non-hydrogen) atoms. The maximum absolute atomic E-state index is 11.7. The first-order valence-electron chi connectivity index (χ1n) is 6.21. The van der Waals surface area contributed by atoms with Crippen LogP contribution in [0.15, 0.2) is 6.07 Å². The summed E-state index contributed by atoms with van der Waals surface area (Å²) in [5.41, 5.74) is 1.34. The zero-order chi connectivity index (χ0) is 13.8. The lowest BCUT2D eigenvalue weighted by atomic mass is 9.88. The number of fused-ring (bicyclic) bond motifs is 3. The molecule has 0 aromatic heterocycles. The Morgan fingerprint density at radius 1 is 1.42 bits per heavy atom. The van der Waals surface area contributed by atoms with Gasteiger partial charge in [-0.15, -0.1) is 0 Å². The number of rotatable bonds is 1. The van der Waals surface area contributed by atoms with E-state index in [0.717, 1.165) is 11.1 Å². The summed E-state index contributed by atoms with van der Waals surface area (Å²) in [6, 6.07) is 1.66. The number of hydrogen-bond acceptors (Lipinski definition) is 5. The van der Waals surface area contributed by atoms with Gasteiger partial charge < -0.3 is 19.3 Å². The molecule has 2 heterocycles. The summed E-state index contributed by atoms with van der Waals surface area (Å²) in [6.45, 7) is 3.86. The zero-order valence-corrected chi connectivity index (χ0v) is 11.1. The van der Waals surface area contributed by atoms with E-state index in [0.29, 0.717) is 23.5 Å². The van der Waals surface area contributed by atoms with Gasteiger partial charge in [0.2, 0.25) is 0 Å². The normalized spacial score (nSPS) is 23.2. The summed E-state index contributed by atoms with van der Waals surface area (Å²) >= 11 is 0. The summed E-state index contributed by atoms with van der Waals surface area (Å²) < 4.78 is 16.3. The number of ether oxygens (including phenoxy) is 3. The highest BCUT2D eigenvalue weighted by Crippen LogP contribution is 2.44. The maximum Gasteiger partial charge on any atom is 0.339 e. The van der Waals surface area contributed by atoms with E-state index >= 15 is 0 Å². The van der Waals surface area contributed by atoms with E-state index in [1.54, 1.807) is 6.07 Å². The van der Waals surface area contributed by atoms with E-state index in [1.807, 2.05) is 13.8 Å². The molecule has 0 saturated heterocycles. The van der Waals surface area contributed by atoms with E-state index in [9.17, 15) is 9.90 Å². The van der Waals surface area contributed by atoms with Crippen LogP contribution < -0.4 is 9.47 Å². The molecule has 1 aromatic carbocycles. The number of carbonyl (C=O) groups excluding carboxylic acids is 1. The Morgan fingerprint density at radius 2 is 2.16 bits per heavy atom. The lowest BCUT2D eigenvalue weighted by molar-refractivity contribution is -0.0426.